The molecular formula is C25H28N4O. The Kier molecular flexibility index (Phi) is 5.35. The fourth-order valence-corrected chi connectivity index (χ4v) is 4.91. The molecule has 5 heteroatoms. The van der Waals surface area contributed by atoms with Crippen LogP contribution in [0.5, 0.6) is 0 Å². The summed E-state index contributed by atoms with van der Waals surface area (Å²) in [5.41, 5.74) is 3.18. The molecule has 1 saturated heterocycles. The van der Waals surface area contributed by atoms with Gasteiger partial charge in [-0.1, -0.05) is 91.6 Å². The molecule has 1 aromatic heterocycles. The van der Waals surface area contributed by atoms with Crippen molar-refractivity contribution in [1.29, 1.82) is 0 Å². The maximum Gasteiger partial charge on any atom is 0.250 e. The maximum absolute atomic E-state index is 13.3. The molecule has 0 radical (unpaired) electrons. The lowest BCUT2D eigenvalue weighted by atomic mass is 9.89. The zero-order chi connectivity index (χ0) is 20.3. The first kappa shape index (κ1) is 19.0. The number of rotatable bonds is 5. The molecule has 1 amide bonds. The molecule has 0 bridgehead atoms. The first-order chi connectivity index (χ1) is 14.8. The second kappa shape index (κ2) is 8.42. The number of β-lactam (4-membered cyclic amide) rings is 1. The molecule has 2 fully saturated rings. The molecule has 2 heterocycles. The first-order valence-corrected chi connectivity index (χ1v) is 11.1. The Bertz CT molecular complexity index is 980. The zero-order valence-electron chi connectivity index (χ0n) is 17.2. The summed E-state index contributed by atoms with van der Waals surface area (Å²) in [4.78, 5) is 15.4. The minimum Gasteiger partial charge on any atom is -0.329 e. The van der Waals surface area contributed by atoms with Crippen LogP contribution < -0.4 is 0 Å². The van der Waals surface area contributed by atoms with Gasteiger partial charge in [-0.25, -0.2) is 4.68 Å². The fourth-order valence-electron chi connectivity index (χ4n) is 4.91. The summed E-state index contributed by atoms with van der Waals surface area (Å²) in [6, 6.07) is 10.3. The largest absolute Gasteiger partial charge is 0.329 e. The zero-order valence-corrected chi connectivity index (χ0v) is 17.2. The molecule has 2 atom stereocenters. The molecule has 1 aromatic carbocycles. The summed E-state index contributed by atoms with van der Waals surface area (Å²) in [5, 5.41) is 8.70. The van der Waals surface area contributed by atoms with Crippen LogP contribution in [0.25, 0.3) is 11.6 Å². The Labute approximate surface area is 177 Å². The lowest BCUT2D eigenvalue weighted by molar-refractivity contribution is -0.156. The molecule has 154 valence electrons. The molecule has 5 nitrogen and oxygen atoms in total. The summed E-state index contributed by atoms with van der Waals surface area (Å²) in [7, 11) is 0. The predicted molar refractivity (Wildman–Crippen MR) is 118 cm³/mol. The number of aromatic nitrogens is 3. The smallest absolute Gasteiger partial charge is 0.250 e. The van der Waals surface area contributed by atoms with Gasteiger partial charge < -0.3 is 4.90 Å². The summed E-state index contributed by atoms with van der Waals surface area (Å²) in [6.45, 7) is 0. The van der Waals surface area contributed by atoms with Gasteiger partial charge in [-0.3, -0.25) is 4.79 Å². The molecule has 0 N–H and O–H groups in total. The molecular weight excluding hydrogens is 372 g/mol. The van der Waals surface area contributed by atoms with Gasteiger partial charge in [0.1, 0.15) is 5.69 Å². The van der Waals surface area contributed by atoms with Crippen LogP contribution in [0.4, 0.5) is 0 Å². The summed E-state index contributed by atoms with van der Waals surface area (Å²) in [6.07, 6.45) is 20.6. The number of nitrogens with zero attached hydrogens (tertiary/aromatic N) is 4. The lowest BCUT2D eigenvalue weighted by Gasteiger charge is -2.49. The van der Waals surface area contributed by atoms with E-state index in [9.17, 15) is 4.79 Å². The Morgan fingerprint density at radius 3 is 2.57 bits per heavy atom. The normalized spacial score (nSPS) is 24.9. The minimum absolute atomic E-state index is 0.0195. The molecule has 0 spiro atoms. The number of hydrogen-bond acceptors (Lipinski definition) is 3. The molecule has 2 aliphatic carbocycles. The number of amides is 1. The fraction of sp³-hybridized carbons (Fsp3) is 0.400. The van der Waals surface area contributed by atoms with E-state index in [1.165, 1.54) is 25.7 Å². The minimum atomic E-state index is -0.301. The standard InChI is InChI=1S/C25H28N4O/c30-25-24(28-18-22(26-27-28)20-12-8-9-13-20)23(17-16-19-10-4-3-5-11-19)29(25)21-14-6-1-2-7-15-21/h3-5,8-12,16-18,21,23-24H,1-2,6-7,13-15H2/b17-16+/t23-,24+/m1/s1. The van der Waals surface area contributed by atoms with Crippen molar-refractivity contribution < 1.29 is 4.79 Å². The second-order valence-electron chi connectivity index (χ2n) is 8.50. The lowest BCUT2D eigenvalue weighted by Crippen LogP contribution is -2.64. The average Bonchev–Trinajstić information content (AvgIpc) is 3.40. The van der Waals surface area contributed by atoms with Crippen LogP contribution in [0.2, 0.25) is 0 Å². The number of carbonyl (C=O) groups is 1. The van der Waals surface area contributed by atoms with Gasteiger partial charge in [-0.2, -0.15) is 0 Å². The van der Waals surface area contributed by atoms with E-state index in [0.29, 0.717) is 6.04 Å². The van der Waals surface area contributed by atoms with E-state index >= 15 is 0 Å². The number of benzene rings is 1. The molecule has 1 saturated carbocycles. The number of carbonyl (C=O) groups excluding carboxylic acids is 1. The monoisotopic (exact) mass is 400 g/mol. The van der Waals surface area contributed by atoms with Crippen LogP contribution in [0, 0.1) is 0 Å². The van der Waals surface area contributed by atoms with Crippen molar-refractivity contribution >= 4 is 17.6 Å². The van der Waals surface area contributed by atoms with Crippen LogP contribution in [-0.2, 0) is 4.79 Å². The van der Waals surface area contributed by atoms with Gasteiger partial charge >= 0.3 is 0 Å². The average molecular weight is 401 g/mol. The quantitative estimate of drug-likeness (QED) is 0.535. The predicted octanol–water partition coefficient (Wildman–Crippen LogP) is 4.81. The summed E-state index contributed by atoms with van der Waals surface area (Å²) < 4.78 is 1.78. The highest BCUT2D eigenvalue weighted by molar-refractivity contribution is 5.89. The van der Waals surface area contributed by atoms with E-state index < -0.39 is 0 Å². The van der Waals surface area contributed by atoms with Gasteiger partial charge in [0.2, 0.25) is 0 Å². The SMILES string of the molecule is O=C1[C@@H](n2cc(C3=CC=CC3)nn2)[C@@H](/C=C/c2ccccc2)N1C1CCCCCC1. The van der Waals surface area contributed by atoms with Crippen LogP contribution in [0.15, 0.2) is 60.8 Å². The third-order valence-corrected chi connectivity index (χ3v) is 6.55. The maximum atomic E-state index is 13.3. The molecule has 3 aliphatic rings. The van der Waals surface area contributed by atoms with E-state index in [2.05, 4.69) is 51.6 Å². The Balaban J connectivity index is 1.41. The van der Waals surface area contributed by atoms with Crippen molar-refractivity contribution in [2.75, 3.05) is 0 Å². The first-order valence-electron chi connectivity index (χ1n) is 11.1. The van der Waals surface area contributed by atoms with Gasteiger partial charge in [-0.15, -0.1) is 5.10 Å². The molecule has 5 rings (SSSR count). The highest BCUT2D eigenvalue weighted by Crippen LogP contribution is 2.38. The van der Waals surface area contributed by atoms with Crippen LogP contribution in [-0.4, -0.2) is 37.9 Å². The topological polar surface area (TPSA) is 51.0 Å². The van der Waals surface area contributed by atoms with E-state index in [1.807, 2.05) is 30.5 Å². The van der Waals surface area contributed by atoms with Gasteiger partial charge in [0.15, 0.2) is 6.04 Å². The Morgan fingerprint density at radius 1 is 1.03 bits per heavy atom. The highest BCUT2D eigenvalue weighted by Gasteiger charge is 2.50. The van der Waals surface area contributed by atoms with E-state index in [-0.39, 0.29) is 18.0 Å². The van der Waals surface area contributed by atoms with Crippen LogP contribution >= 0.6 is 0 Å². The van der Waals surface area contributed by atoms with E-state index in [0.717, 1.165) is 36.1 Å². The summed E-state index contributed by atoms with van der Waals surface area (Å²) in [5.74, 6) is 0.180. The number of allylic oxidation sites excluding steroid dienone is 4. The van der Waals surface area contributed by atoms with Gasteiger partial charge in [-0.05, 0) is 30.4 Å². The van der Waals surface area contributed by atoms with E-state index in [4.69, 9.17) is 0 Å². The van der Waals surface area contributed by atoms with Crippen LogP contribution in [0.3, 0.4) is 0 Å². The molecule has 0 unspecified atom stereocenters. The van der Waals surface area contributed by atoms with Crippen molar-refractivity contribution in [1.82, 2.24) is 19.9 Å². The third kappa shape index (κ3) is 3.64. The van der Waals surface area contributed by atoms with Gasteiger partial charge in [0, 0.05) is 6.04 Å². The van der Waals surface area contributed by atoms with Crippen LogP contribution in [0.1, 0.15) is 62.2 Å². The van der Waals surface area contributed by atoms with Gasteiger partial charge in [0.05, 0.1) is 12.2 Å². The van der Waals surface area contributed by atoms with Crippen molar-refractivity contribution in [3.63, 3.8) is 0 Å². The molecule has 30 heavy (non-hydrogen) atoms. The number of likely N-dealkylation sites (tertiary alicyclic amines) is 1. The molecule has 1 aliphatic heterocycles. The highest BCUT2D eigenvalue weighted by atomic mass is 16.2. The Hall–Kier alpha value is -2.95. The number of hydrogen-bond donors (Lipinski definition) is 0. The van der Waals surface area contributed by atoms with Crippen molar-refractivity contribution in [2.45, 2.75) is 63.1 Å². The van der Waals surface area contributed by atoms with Gasteiger partial charge in [0.25, 0.3) is 5.91 Å². The molecule has 2 aromatic rings. The van der Waals surface area contributed by atoms with E-state index in [1.54, 1.807) is 4.68 Å². The Morgan fingerprint density at radius 2 is 1.83 bits per heavy atom. The van der Waals surface area contributed by atoms with Crippen molar-refractivity contribution in [3.8, 4) is 0 Å². The summed E-state index contributed by atoms with van der Waals surface area (Å²) >= 11 is 0. The second-order valence-corrected chi connectivity index (χ2v) is 8.50. The van der Waals surface area contributed by atoms with Crippen molar-refractivity contribution in [2.24, 2.45) is 0 Å². The third-order valence-electron chi connectivity index (χ3n) is 6.55. The van der Waals surface area contributed by atoms with Crippen molar-refractivity contribution in [3.05, 3.63) is 72.1 Å².